The van der Waals surface area contributed by atoms with Crippen molar-refractivity contribution in [2.45, 2.75) is 92.4 Å². The number of aryl methyl sites for hydroxylation is 2. The van der Waals surface area contributed by atoms with E-state index in [-0.39, 0.29) is 23.0 Å². The first kappa shape index (κ1) is 43.1. The number of hydrogen-bond acceptors (Lipinski definition) is 3. The zero-order chi connectivity index (χ0) is 46.3. The number of rotatable bonds is 6. The zero-order valence-corrected chi connectivity index (χ0v) is 40.7. The highest BCUT2D eigenvalue weighted by Gasteiger charge is 2.45. The van der Waals surface area contributed by atoms with Gasteiger partial charge in [-0.3, -0.25) is 0 Å². The van der Waals surface area contributed by atoms with Gasteiger partial charge in [0, 0.05) is 45.4 Å². The van der Waals surface area contributed by atoms with E-state index >= 15 is 0 Å². The van der Waals surface area contributed by atoms with Gasteiger partial charge in [0.25, 0.3) is 6.71 Å². The van der Waals surface area contributed by atoms with Gasteiger partial charge in [-0.1, -0.05) is 172 Å². The molecule has 2 aliphatic heterocycles. The lowest BCUT2D eigenvalue weighted by Gasteiger charge is -2.46. The van der Waals surface area contributed by atoms with Crippen LogP contribution in [-0.4, -0.2) is 6.71 Å². The minimum atomic E-state index is -0.0531. The van der Waals surface area contributed by atoms with Crippen LogP contribution in [0.3, 0.4) is 0 Å². The maximum atomic E-state index is 2.59. The molecule has 0 saturated carbocycles. The summed E-state index contributed by atoms with van der Waals surface area (Å²) in [4.78, 5) is 7.62. The third-order valence-corrected chi connectivity index (χ3v) is 13.8. The first-order valence-electron chi connectivity index (χ1n) is 23.7. The highest BCUT2D eigenvalue weighted by Crippen LogP contribution is 2.50. The van der Waals surface area contributed by atoms with Gasteiger partial charge in [0.15, 0.2) is 0 Å². The molecule has 66 heavy (non-hydrogen) atoms. The van der Waals surface area contributed by atoms with Crippen LogP contribution < -0.4 is 31.1 Å². The largest absolute Gasteiger partial charge is 0.311 e. The van der Waals surface area contributed by atoms with Gasteiger partial charge < -0.3 is 14.7 Å². The summed E-state index contributed by atoms with van der Waals surface area (Å²) < 4.78 is 0. The number of benzene rings is 8. The minimum absolute atomic E-state index is 0.0212. The van der Waals surface area contributed by atoms with E-state index < -0.39 is 0 Å². The van der Waals surface area contributed by atoms with Crippen LogP contribution in [0.2, 0.25) is 0 Å². The predicted octanol–water partition coefficient (Wildman–Crippen LogP) is 15.4. The fraction of sp³-hybridized carbons (Fsp3) is 0.226. The standard InChI is InChI=1S/C62H62BN3/c1-41-19-17-23-48(35-41)64(49-24-18-20-42(2)36-49)50-39-57-59-58(40-50)66(54-26-16-15-25-51(54)43-21-13-12-14-22-43)56-34-30-46(62(9,10)11)38-53(56)63(59)52-37-45(61(6,7)8)29-33-55(52)65(57)47-31-27-44(28-32-47)60(3,4)5/h12-40H,1-11H3. The van der Waals surface area contributed by atoms with Crippen molar-refractivity contribution >= 4 is 74.3 Å². The smallest absolute Gasteiger partial charge is 0.252 e. The second kappa shape index (κ2) is 16.0. The Bertz CT molecular complexity index is 3080. The van der Waals surface area contributed by atoms with Crippen LogP contribution in [0.5, 0.6) is 0 Å². The molecule has 0 aliphatic carbocycles. The monoisotopic (exact) mass is 860 g/mol. The van der Waals surface area contributed by atoms with Gasteiger partial charge in [0.2, 0.25) is 0 Å². The number of nitrogens with zero attached hydrogens (tertiary/aromatic N) is 3. The van der Waals surface area contributed by atoms with Crippen LogP contribution in [0.25, 0.3) is 11.1 Å². The van der Waals surface area contributed by atoms with Gasteiger partial charge in [-0.15, -0.1) is 0 Å². The Morgan fingerprint density at radius 3 is 1.39 bits per heavy atom. The van der Waals surface area contributed by atoms with E-state index in [1.165, 1.54) is 78.1 Å². The molecule has 8 aromatic carbocycles. The van der Waals surface area contributed by atoms with Crippen molar-refractivity contribution in [3.05, 3.63) is 204 Å². The molecule has 4 heteroatoms. The van der Waals surface area contributed by atoms with Crippen molar-refractivity contribution in [1.82, 2.24) is 0 Å². The second-order valence-corrected chi connectivity index (χ2v) is 21.7. The summed E-state index contributed by atoms with van der Waals surface area (Å²) in [6.45, 7) is 25.3. The zero-order valence-electron chi connectivity index (χ0n) is 40.7. The van der Waals surface area contributed by atoms with Crippen LogP contribution in [-0.2, 0) is 16.2 Å². The Kier molecular flexibility index (Phi) is 10.4. The maximum Gasteiger partial charge on any atom is 0.252 e. The molecule has 2 heterocycles. The molecule has 0 amide bonds. The molecule has 0 aromatic heterocycles. The normalized spacial score (nSPS) is 13.3. The summed E-state index contributed by atoms with van der Waals surface area (Å²) >= 11 is 0. The van der Waals surface area contributed by atoms with Gasteiger partial charge in [0.1, 0.15) is 0 Å². The quantitative estimate of drug-likeness (QED) is 0.154. The number of hydrogen-bond donors (Lipinski definition) is 0. The number of para-hydroxylation sites is 1. The molecule has 0 unspecified atom stereocenters. The third kappa shape index (κ3) is 7.61. The van der Waals surface area contributed by atoms with Crippen molar-refractivity contribution < 1.29 is 0 Å². The Labute approximate surface area is 394 Å². The van der Waals surface area contributed by atoms with Crippen molar-refractivity contribution in [2.24, 2.45) is 0 Å². The average molecular weight is 860 g/mol. The molecule has 0 atom stereocenters. The van der Waals surface area contributed by atoms with Crippen LogP contribution >= 0.6 is 0 Å². The van der Waals surface area contributed by atoms with E-state index in [0.717, 1.165) is 28.4 Å². The summed E-state index contributed by atoms with van der Waals surface area (Å²) in [5.41, 5.74) is 23.1. The van der Waals surface area contributed by atoms with Crippen molar-refractivity contribution in [3.8, 4) is 11.1 Å². The SMILES string of the molecule is Cc1cccc(N(c2cccc(C)c2)c2cc3c4c(c2)N(c2ccccc2-c2ccccc2)c2ccc(C(C)(C)C)cc2B4c2cc(C(C)(C)C)ccc2N3c2ccc(C(C)(C)C)cc2)c1. The summed E-state index contributed by atoms with van der Waals surface area (Å²) in [7, 11) is 0. The molecule has 0 fully saturated rings. The molecule has 2 aliphatic rings. The van der Waals surface area contributed by atoms with Crippen LogP contribution in [0.1, 0.15) is 90.1 Å². The van der Waals surface area contributed by atoms with Crippen LogP contribution in [0.15, 0.2) is 176 Å². The highest BCUT2D eigenvalue weighted by atomic mass is 15.2. The summed E-state index contributed by atoms with van der Waals surface area (Å²) in [5, 5.41) is 0. The van der Waals surface area contributed by atoms with Gasteiger partial charge in [-0.05, 0) is 147 Å². The molecule has 8 aromatic rings. The minimum Gasteiger partial charge on any atom is -0.311 e. The van der Waals surface area contributed by atoms with E-state index in [1.54, 1.807) is 0 Å². The Morgan fingerprint density at radius 2 is 0.864 bits per heavy atom. The summed E-state index contributed by atoms with van der Waals surface area (Å²) in [5.74, 6) is 0. The molecular weight excluding hydrogens is 798 g/mol. The highest BCUT2D eigenvalue weighted by molar-refractivity contribution is 7.00. The molecular formula is C62H62BN3. The second-order valence-electron chi connectivity index (χ2n) is 21.7. The number of fused-ring (bicyclic) bond motifs is 4. The van der Waals surface area contributed by atoms with E-state index in [0.29, 0.717) is 0 Å². The van der Waals surface area contributed by atoms with E-state index in [4.69, 9.17) is 0 Å². The molecule has 328 valence electrons. The topological polar surface area (TPSA) is 9.72 Å². The van der Waals surface area contributed by atoms with E-state index in [9.17, 15) is 0 Å². The molecule has 3 nitrogen and oxygen atoms in total. The lowest BCUT2D eigenvalue weighted by atomic mass is 9.33. The first-order chi connectivity index (χ1) is 31.5. The molecule has 10 rings (SSSR count). The maximum absolute atomic E-state index is 2.59. The lowest BCUT2D eigenvalue weighted by Crippen LogP contribution is -2.61. The molecule has 0 bridgehead atoms. The number of anilines is 9. The van der Waals surface area contributed by atoms with Gasteiger partial charge in [0.05, 0.1) is 11.4 Å². The van der Waals surface area contributed by atoms with Crippen molar-refractivity contribution in [3.63, 3.8) is 0 Å². The van der Waals surface area contributed by atoms with Crippen molar-refractivity contribution in [2.75, 3.05) is 14.7 Å². The molecule has 0 radical (unpaired) electrons. The first-order valence-corrected chi connectivity index (χ1v) is 23.7. The summed E-state index contributed by atoms with van der Waals surface area (Å²) in [6, 6.07) is 66.7. The average Bonchev–Trinajstić information content (AvgIpc) is 3.28. The fourth-order valence-electron chi connectivity index (χ4n) is 10.2. The Hall–Kier alpha value is -6.78. The fourth-order valence-corrected chi connectivity index (χ4v) is 10.2. The van der Waals surface area contributed by atoms with Crippen LogP contribution in [0.4, 0.5) is 51.2 Å². The molecule has 0 N–H and O–H groups in total. The Morgan fingerprint density at radius 1 is 0.379 bits per heavy atom. The Balaban J connectivity index is 1.37. The van der Waals surface area contributed by atoms with Gasteiger partial charge >= 0.3 is 0 Å². The molecule has 0 saturated heterocycles. The van der Waals surface area contributed by atoms with E-state index in [2.05, 4.69) is 267 Å². The molecule has 0 spiro atoms. The predicted molar refractivity (Wildman–Crippen MR) is 286 cm³/mol. The third-order valence-electron chi connectivity index (χ3n) is 13.8. The van der Waals surface area contributed by atoms with Crippen molar-refractivity contribution in [1.29, 1.82) is 0 Å². The van der Waals surface area contributed by atoms with E-state index in [1.807, 2.05) is 0 Å². The lowest BCUT2D eigenvalue weighted by molar-refractivity contribution is 0.590. The van der Waals surface area contributed by atoms with Gasteiger partial charge in [-0.2, -0.15) is 0 Å². The van der Waals surface area contributed by atoms with Gasteiger partial charge in [-0.25, -0.2) is 0 Å². The van der Waals surface area contributed by atoms with Crippen LogP contribution in [0, 0.1) is 13.8 Å². The summed E-state index contributed by atoms with van der Waals surface area (Å²) in [6.07, 6.45) is 0.